The number of nitrogens with zero attached hydrogens (tertiary/aromatic N) is 6. The van der Waals surface area contributed by atoms with Gasteiger partial charge in [0.25, 0.3) is 11.1 Å². The highest BCUT2D eigenvalue weighted by molar-refractivity contribution is 8.00. The number of nitrogen functional groups attached to an aromatic ring is 1. The van der Waals surface area contributed by atoms with E-state index in [1.54, 1.807) is 0 Å². The van der Waals surface area contributed by atoms with E-state index in [4.69, 9.17) is 19.5 Å². The number of aromatic amines is 2. The van der Waals surface area contributed by atoms with Gasteiger partial charge < -0.3 is 40.8 Å². The number of phosphoric acid groups is 1. The molecule has 9 N–H and O–H groups in total. The average Bonchev–Trinajstić information content (AvgIpc) is 3.68. The number of aliphatic hydroxyl groups is 4. The number of H-pyrrole nitrogens is 2. The number of aliphatic hydroxyl groups excluding tert-OH is 3. The zero-order chi connectivity index (χ0) is 30.8. The number of aromatic nitrogens is 8. The molecule has 2 saturated heterocycles. The number of ether oxygens (including phenoxy) is 1. The zero-order valence-corrected chi connectivity index (χ0v) is 23.7. The summed E-state index contributed by atoms with van der Waals surface area (Å²) >= 11 is 0.976. The van der Waals surface area contributed by atoms with E-state index in [2.05, 4.69) is 29.9 Å². The van der Waals surface area contributed by atoms with Crippen LogP contribution in [0.2, 0.25) is 0 Å². The van der Waals surface area contributed by atoms with Crippen molar-refractivity contribution in [3.63, 3.8) is 0 Å². The van der Waals surface area contributed by atoms with E-state index < -0.39 is 79.0 Å². The van der Waals surface area contributed by atoms with Gasteiger partial charge in [-0.2, -0.15) is 4.98 Å². The molecule has 2 fully saturated rings. The van der Waals surface area contributed by atoms with Gasteiger partial charge >= 0.3 is 7.82 Å². The highest BCUT2D eigenvalue weighted by atomic mass is 32.2. The third-order valence-corrected chi connectivity index (χ3v) is 9.98. The van der Waals surface area contributed by atoms with E-state index in [1.807, 2.05) is 0 Å². The van der Waals surface area contributed by atoms with Crippen molar-refractivity contribution in [1.82, 2.24) is 39.0 Å². The molecular formula is C21H26N9O11PS. The normalized spacial score (nSPS) is 32.6. The van der Waals surface area contributed by atoms with Crippen LogP contribution in [0.5, 0.6) is 0 Å². The second-order valence-electron chi connectivity index (χ2n) is 10.1. The Kier molecular flexibility index (Phi) is 7.44. The number of hydrogen-bond donors (Lipinski definition) is 8. The van der Waals surface area contributed by atoms with Crippen LogP contribution in [0.3, 0.4) is 0 Å². The molecule has 6 heterocycles. The molecule has 1 unspecified atom stereocenters. The fourth-order valence-electron chi connectivity index (χ4n) is 5.06. The van der Waals surface area contributed by atoms with Gasteiger partial charge in [-0.3, -0.25) is 32.8 Å². The predicted octanol–water partition coefficient (Wildman–Crippen LogP) is -2.69. The lowest BCUT2D eigenvalue weighted by Gasteiger charge is -2.32. The quantitative estimate of drug-likeness (QED) is 0.0907. The molecule has 2 aliphatic heterocycles. The third-order valence-electron chi connectivity index (χ3n) is 7.31. The molecule has 22 heteroatoms. The molecule has 2 aliphatic rings. The summed E-state index contributed by atoms with van der Waals surface area (Å²) in [6.45, 7) is -0.00222. The van der Waals surface area contributed by atoms with Crippen LogP contribution in [0.25, 0.3) is 22.3 Å². The molecule has 4 aromatic heterocycles. The second-order valence-corrected chi connectivity index (χ2v) is 12.8. The summed E-state index contributed by atoms with van der Waals surface area (Å²) in [5, 5.41) is 40.4. The summed E-state index contributed by atoms with van der Waals surface area (Å²) < 4.78 is 31.9. The summed E-state index contributed by atoms with van der Waals surface area (Å²) in [4.78, 5) is 55.6. The van der Waals surface area contributed by atoms with Crippen molar-refractivity contribution in [3.8, 4) is 0 Å². The summed E-state index contributed by atoms with van der Waals surface area (Å²) in [5.41, 5.74) is 2.54. The van der Waals surface area contributed by atoms with Gasteiger partial charge in [-0.25, -0.2) is 19.5 Å². The van der Waals surface area contributed by atoms with E-state index in [-0.39, 0.29) is 28.3 Å². The van der Waals surface area contributed by atoms with Gasteiger partial charge in [-0.1, -0.05) is 0 Å². The maximum Gasteiger partial charge on any atom is 0.472 e. The maximum absolute atomic E-state index is 13.2. The van der Waals surface area contributed by atoms with Crippen LogP contribution in [0.1, 0.15) is 18.5 Å². The highest BCUT2D eigenvalue weighted by Crippen LogP contribution is 2.56. The number of nitrogens with two attached hydrogens (primary N) is 1. The molecular weight excluding hydrogens is 617 g/mol. The first-order valence-corrected chi connectivity index (χ1v) is 15.0. The van der Waals surface area contributed by atoms with Crippen LogP contribution < -0.4 is 16.9 Å². The van der Waals surface area contributed by atoms with Crippen molar-refractivity contribution < 1.29 is 43.7 Å². The Morgan fingerprint density at radius 2 is 1.84 bits per heavy atom. The fourth-order valence-corrected chi connectivity index (χ4v) is 7.75. The molecule has 0 saturated carbocycles. The highest BCUT2D eigenvalue weighted by Gasteiger charge is 2.56. The van der Waals surface area contributed by atoms with Crippen LogP contribution in [-0.2, 0) is 18.3 Å². The topological polar surface area (TPSA) is 299 Å². The number of nitrogens with one attached hydrogen (secondary N) is 2. The zero-order valence-electron chi connectivity index (χ0n) is 22.0. The number of hydrogen-bond acceptors (Lipinski definition) is 16. The first kappa shape index (κ1) is 29.8. The SMILES string of the molecule is C[C@]1(O)[C@@H](CO)S[C@@H](n2cnc3c(=O)[nH]c(N)nc32)[C@@H]1OP(=O)(O)OC[C@H]1O[C@@H](n2cnc3c(=O)[nH]cnc32)[C@H](O)[C@@H]1O. The van der Waals surface area contributed by atoms with Crippen molar-refractivity contribution in [1.29, 1.82) is 0 Å². The lowest BCUT2D eigenvalue weighted by atomic mass is 9.95. The Morgan fingerprint density at radius 1 is 1.14 bits per heavy atom. The number of rotatable bonds is 8. The second kappa shape index (κ2) is 10.7. The first-order chi connectivity index (χ1) is 20.3. The summed E-state index contributed by atoms with van der Waals surface area (Å²) in [5.74, 6) is -0.219. The number of anilines is 1. The largest absolute Gasteiger partial charge is 0.472 e. The van der Waals surface area contributed by atoms with Gasteiger partial charge in [-0.15, -0.1) is 11.8 Å². The molecule has 20 nitrogen and oxygen atoms in total. The minimum atomic E-state index is -5.05. The Bertz CT molecular complexity index is 1840. The molecule has 0 aromatic carbocycles. The minimum Gasteiger partial charge on any atom is -0.395 e. The molecule has 0 bridgehead atoms. The van der Waals surface area contributed by atoms with Gasteiger partial charge in [0, 0.05) is 0 Å². The third kappa shape index (κ3) is 5.06. The van der Waals surface area contributed by atoms with E-state index in [0.29, 0.717) is 0 Å². The van der Waals surface area contributed by atoms with Crippen molar-refractivity contribution >= 4 is 47.9 Å². The van der Waals surface area contributed by atoms with E-state index in [1.165, 1.54) is 28.7 Å². The van der Waals surface area contributed by atoms with Gasteiger partial charge in [0.1, 0.15) is 35.4 Å². The van der Waals surface area contributed by atoms with Gasteiger partial charge in [0.15, 0.2) is 28.6 Å². The van der Waals surface area contributed by atoms with E-state index >= 15 is 0 Å². The van der Waals surface area contributed by atoms with Crippen LogP contribution in [0, 0.1) is 0 Å². The molecule has 0 amide bonds. The fraction of sp³-hybridized carbons (Fsp3) is 0.524. The first-order valence-electron chi connectivity index (χ1n) is 12.6. The van der Waals surface area contributed by atoms with Crippen LogP contribution >= 0.6 is 19.6 Å². The Balaban J connectivity index is 1.21. The Morgan fingerprint density at radius 3 is 2.56 bits per heavy atom. The molecule has 0 spiro atoms. The number of fused-ring (bicyclic) bond motifs is 2. The molecule has 0 radical (unpaired) electrons. The number of imidazole rings is 2. The lowest BCUT2D eigenvalue weighted by molar-refractivity contribution is -0.0758. The van der Waals surface area contributed by atoms with E-state index in [0.717, 1.165) is 18.1 Å². The molecule has 43 heavy (non-hydrogen) atoms. The molecule has 4 aromatic rings. The molecule has 6 rings (SSSR count). The average molecular weight is 644 g/mol. The lowest BCUT2D eigenvalue weighted by Crippen LogP contribution is -2.47. The summed E-state index contributed by atoms with van der Waals surface area (Å²) in [6.07, 6.45) is -3.80. The van der Waals surface area contributed by atoms with Crippen LogP contribution in [-0.4, -0.2) is 113 Å². The van der Waals surface area contributed by atoms with Crippen LogP contribution in [0.4, 0.5) is 5.95 Å². The van der Waals surface area contributed by atoms with Crippen molar-refractivity contribution in [2.45, 2.75) is 53.8 Å². The monoisotopic (exact) mass is 643 g/mol. The van der Waals surface area contributed by atoms with Gasteiger partial charge in [-0.05, 0) is 6.92 Å². The van der Waals surface area contributed by atoms with Crippen LogP contribution in [0.15, 0.2) is 28.6 Å². The Labute approximate surface area is 243 Å². The minimum absolute atomic E-state index is 0.00134. The Hall–Kier alpha value is -3.24. The number of phosphoric ester groups is 1. The molecule has 9 atom stereocenters. The van der Waals surface area contributed by atoms with Crippen molar-refractivity contribution in [3.05, 3.63) is 39.7 Å². The van der Waals surface area contributed by atoms with Gasteiger partial charge in [0.2, 0.25) is 5.95 Å². The van der Waals surface area contributed by atoms with Crippen molar-refractivity contribution in [2.75, 3.05) is 18.9 Å². The van der Waals surface area contributed by atoms with Crippen molar-refractivity contribution in [2.24, 2.45) is 0 Å². The maximum atomic E-state index is 13.2. The smallest absolute Gasteiger partial charge is 0.395 e. The summed E-state index contributed by atoms with van der Waals surface area (Å²) in [6, 6.07) is 0. The standard InChI is InChI=1S/C21H26N9O11PS/c1-21(36)8(2-31)43-19(30-6-26-10-15(30)27-20(22)28-17(10)35)13(21)41-42(37,38)39-3-7-11(32)12(33)18(40-7)29-5-25-9-14(29)23-4-24-16(9)34/h4-8,11-13,18-19,31-33,36H,2-3H2,1H3,(H,37,38)(H,23,24,34)(H3,22,27,28,35)/t7-,8-,11-,12-,13+,18-,19-,21+/m1/s1. The summed E-state index contributed by atoms with van der Waals surface area (Å²) in [7, 11) is -5.05. The van der Waals surface area contributed by atoms with Gasteiger partial charge in [0.05, 0.1) is 37.4 Å². The number of thioether (sulfide) groups is 1. The molecule has 0 aliphatic carbocycles. The van der Waals surface area contributed by atoms with E-state index in [9.17, 15) is 39.5 Å². The molecule has 232 valence electrons. The predicted molar refractivity (Wildman–Crippen MR) is 145 cm³/mol.